The van der Waals surface area contributed by atoms with E-state index < -0.39 is 0 Å². The summed E-state index contributed by atoms with van der Waals surface area (Å²) in [5, 5.41) is 0. The molecule has 0 heteroatoms. The molecule has 0 saturated heterocycles. The summed E-state index contributed by atoms with van der Waals surface area (Å²) in [6.45, 7) is 69.7. The summed E-state index contributed by atoms with van der Waals surface area (Å²) in [6.07, 6.45) is 23.3. The predicted octanol–water partition coefficient (Wildman–Crippen LogP) is 21.2. The van der Waals surface area contributed by atoms with Crippen LogP contribution in [0.3, 0.4) is 0 Å². The van der Waals surface area contributed by atoms with E-state index in [9.17, 15) is 0 Å². The van der Waals surface area contributed by atoms with Crippen LogP contribution in [0.1, 0.15) is 243 Å². The highest BCUT2D eigenvalue weighted by Gasteiger charge is 2.40. The highest BCUT2D eigenvalue weighted by molar-refractivity contribution is 5.39. The van der Waals surface area contributed by atoms with E-state index >= 15 is 0 Å². The van der Waals surface area contributed by atoms with Crippen LogP contribution in [0.2, 0.25) is 0 Å². The Morgan fingerprint density at radius 2 is 0.791 bits per heavy atom. The lowest BCUT2D eigenvalue weighted by atomic mass is 9.66. The second kappa shape index (κ2) is 25.5. The van der Waals surface area contributed by atoms with Crippen LogP contribution in [-0.4, -0.2) is 0 Å². The number of allylic oxidation sites excluding steroid dienone is 7. The Kier molecular flexibility index (Phi) is 22.3. The van der Waals surface area contributed by atoms with Gasteiger partial charge >= 0.3 is 0 Å². The Morgan fingerprint density at radius 1 is 0.463 bits per heavy atom. The fraction of sp³-hybridized carbons (Fsp3) is 0.701. The molecule has 0 radical (unpaired) electrons. The van der Waals surface area contributed by atoms with E-state index in [0.717, 1.165) is 64.2 Å². The van der Waals surface area contributed by atoms with E-state index in [1.165, 1.54) is 120 Å². The summed E-state index contributed by atoms with van der Waals surface area (Å²) in [6, 6.07) is 7.33. The minimum Gasteiger partial charge on any atom is -0.0995 e. The van der Waals surface area contributed by atoms with Gasteiger partial charge in [0.15, 0.2) is 0 Å². The van der Waals surface area contributed by atoms with E-state index in [2.05, 4.69) is 129 Å². The van der Waals surface area contributed by atoms with Crippen molar-refractivity contribution < 1.29 is 0 Å². The molecule has 0 N–H and O–H groups in total. The van der Waals surface area contributed by atoms with Crippen LogP contribution in [0.25, 0.3) is 0 Å². The van der Waals surface area contributed by atoms with Crippen LogP contribution in [0, 0.1) is 58.2 Å². The summed E-state index contributed by atoms with van der Waals surface area (Å²) in [7, 11) is 0. The van der Waals surface area contributed by atoms with Crippen LogP contribution >= 0.6 is 0 Å². The molecule has 0 nitrogen and oxygen atoms in total. The van der Waals surface area contributed by atoms with Crippen LogP contribution in [0.15, 0.2) is 103 Å². The lowest BCUT2D eigenvalue weighted by Crippen LogP contribution is -2.26. The van der Waals surface area contributed by atoms with Crippen molar-refractivity contribution in [2.24, 2.45) is 58.2 Å². The monoisotopic (exact) mass is 915 g/mol. The lowest BCUT2D eigenvalue weighted by molar-refractivity contribution is 0.303. The van der Waals surface area contributed by atoms with Gasteiger partial charge in [0.25, 0.3) is 0 Å². The summed E-state index contributed by atoms with van der Waals surface area (Å²) in [5.74, 6) is 4.19. The van der Waals surface area contributed by atoms with E-state index in [1.807, 2.05) is 0 Å². The maximum atomic E-state index is 5.07. The molecule has 3 rings (SSSR count). The van der Waals surface area contributed by atoms with Gasteiger partial charge in [0.05, 0.1) is 0 Å². The topological polar surface area (TPSA) is 0 Å². The van der Waals surface area contributed by atoms with Crippen LogP contribution in [0.5, 0.6) is 0 Å². The Balaban J connectivity index is 1.84. The molecule has 378 valence electrons. The SMILES string of the molecule is C=C(Cc1cc(C(C)(C)C)cc(C(C)(C)C)c1)C[C@@H](CC(C)C)C(=C)C[C@@H](CC(C)C)C(=C)CC1(C(=C)C[C@@H](CC(C)C)C(=C)C[C@@H](CC(C)C)C(=C)CC2(C(=C)CC)CCCC2)CCCC1. The van der Waals surface area contributed by atoms with Gasteiger partial charge in [-0.05, 0) is 188 Å². The molecule has 67 heavy (non-hydrogen) atoms. The highest BCUT2D eigenvalue weighted by Crippen LogP contribution is 2.54. The third-order valence-corrected chi connectivity index (χ3v) is 16.7. The van der Waals surface area contributed by atoms with E-state index in [4.69, 9.17) is 39.5 Å². The maximum Gasteiger partial charge on any atom is -0.00534 e. The molecule has 1 aromatic carbocycles. The standard InChI is InChI=1S/C67H110/c1-23-55(15)66(28-24-25-29-66)44-53(13)60(34-48(6)7)39-52(12)61(35-49(8)9)40-56(16)67(30-26-27-31-67)45-54(14)59(33-47(4)5)38-51(11)58(32-46(2)3)37-50(10)36-57-41-62(64(17,18)19)43-63(42-57)65(20,21)22/h41-43,46-49,58-61H,10-16,23-40,44-45H2,1-9,17-22H3/t58-,59-,60-,61-/m1/s1. The molecular weight excluding hydrogens is 805 g/mol. The molecule has 2 saturated carbocycles. The van der Waals surface area contributed by atoms with Crippen LogP contribution in [0.4, 0.5) is 0 Å². The molecule has 0 aromatic heterocycles. The molecule has 2 aliphatic carbocycles. The summed E-state index contributed by atoms with van der Waals surface area (Å²) < 4.78 is 0. The predicted molar refractivity (Wildman–Crippen MR) is 303 cm³/mol. The fourth-order valence-corrected chi connectivity index (χ4v) is 12.7. The smallest absolute Gasteiger partial charge is 0.00534 e. The van der Waals surface area contributed by atoms with Gasteiger partial charge in [-0.25, -0.2) is 0 Å². The highest BCUT2D eigenvalue weighted by atomic mass is 14.5. The van der Waals surface area contributed by atoms with Crippen molar-refractivity contribution in [2.75, 3.05) is 0 Å². The quantitative estimate of drug-likeness (QED) is 0.0703. The number of hydrogen-bond acceptors (Lipinski definition) is 0. The molecule has 0 unspecified atom stereocenters. The van der Waals surface area contributed by atoms with E-state index in [-0.39, 0.29) is 21.7 Å². The molecule has 0 bridgehead atoms. The Morgan fingerprint density at radius 3 is 1.12 bits per heavy atom. The van der Waals surface area contributed by atoms with Gasteiger partial charge in [0, 0.05) is 0 Å². The maximum absolute atomic E-state index is 5.07. The first kappa shape index (κ1) is 58.7. The van der Waals surface area contributed by atoms with Crippen molar-refractivity contribution >= 4 is 0 Å². The molecule has 0 heterocycles. The van der Waals surface area contributed by atoms with Crippen LogP contribution < -0.4 is 0 Å². The van der Waals surface area contributed by atoms with Gasteiger partial charge in [0.2, 0.25) is 0 Å². The Labute approximate surface area is 419 Å². The van der Waals surface area contributed by atoms with Gasteiger partial charge in [-0.2, -0.15) is 0 Å². The molecule has 1 aromatic rings. The second-order valence-corrected chi connectivity index (χ2v) is 27.0. The number of benzene rings is 1. The van der Waals surface area contributed by atoms with E-state index in [0.29, 0.717) is 47.3 Å². The summed E-state index contributed by atoms with van der Waals surface area (Å²) in [5.41, 5.74) is 14.8. The first-order chi connectivity index (χ1) is 31.0. The molecule has 2 fully saturated rings. The summed E-state index contributed by atoms with van der Waals surface area (Å²) >= 11 is 0. The first-order valence-electron chi connectivity index (χ1n) is 27.9. The summed E-state index contributed by atoms with van der Waals surface area (Å²) in [4.78, 5) is 0. The fourth-order valence-electron chi connectivity index (χ4n) is 12.7. The first-order valence-corrected chi connectivity index (χ1v) is 27.9. The molecule has 0 spiro atoms. The van der Waals surface area contributed by atoms with Gasteiger partial charge < -0.3 is 0 Å². The molecule has 4 atom stereocenters. The zero-order valence-electron chi connectivity index (χ0n) is 47.4. The van der Waals surface area contributed by atoms with Crippen molar-refractivity contribution in [3.8, 4) is 0 Å². The van der Waals surface area contributed by atoms with E-state index in [1.54, 1.807) is 0 Å². The van der Waals surface area contributed by atoms with Crippen molar-refractivity contribution in [2.45, 2.75) is 243 Å². The van der Waals surface area contributed by atoms with Crippen molar-refractivity contribution in [3.63, 3.8) is 0 Å². The normalized spacial score (nSPS) is 18.1. The Hall–Kier alpha value is -2.60. The number of hydrogen-bond donors (Lipinski definition) is 0. The third-order valence-electron chi connectivity index (χ3n) is 16.7. The minimum atomic E-state index is 0.100. The second-order valence-electron chi connectivity index (χ2n) is 27.0. The average Bonchev–Trinajstić information content (AvgIpc) is 3.89. The van der Waals surface area contributed by atoms with Crippen molar-refractivity contribution in [3.05, 3.63) is 120 Å². The minimum absolute atomic E-state index is 0.100. The van der Waals surface area contributed by atoms with Crippen LogP contribution in [-0.2, 0) is 17.3 Å². The zero-order chi connectivity index (χ0) is 50.7. The number of rotatable bonds is 29. The average molecular weight is 916 g/mol. The molecule has 0 amide bonds. The van der Waals surface area contributed by atoms with Gasteiger partial charge in [0.1, 0.15) is 0 Å². The van der Waals surface area contributed by atoms with Crippen molar-refractivity contribution in [1.82, 2.24) is 0 Å². The zero-order valence-corrected chi connectivity index (χ0v) is 47.4. The third kappa shape index (κ3) is 17.9. The lowest BCUT2D eigenvalue weighted by Gasteiger charge is -2.38. The molecule has 0 aliphatic heterocycles. The molecular formula is C67H110. The van der Waals surface area contributed by atoms with Gasteiger partial charge in [-0.1, -0.05) is 233 Å². The molecule has 2 aliphatic rings. The van der Waals surface area contributed by atoms with Gasteiger partial charge in [-0.15, -0.1) is 0 Å². The Bertz CT molecular complexity index is 1790. The van der Waals surface area contributed by atoms with Gasteiger partial charge in [-0.3, -0.25) is 0 Å². The largest absolute Gasteiger partial charge is 0.0995 e. The van der Waals surface area contributed by atoms with Crippen molar-refractivity contribution in [1.29, 1.82) is 0 Å².